The maximum atomic E-state index is 15.0. The summed E-state index contributed by atoms with van der Waals surface area (Å²) in [5.41, 5.74) is 6.16. The van der Waals surface area contributed by atoms with Gasteiger partial charge in [0.05, 0.1) is 47.8 Å². The Balaban J connectivity index is 1.55. The summed E-state index contributed by atoms with van der Waals surface area (Å²) < 4.78 is 61.2. The molecule has 1 aliphatic heterocycles. The molecule has 0 unspecified atom stereocenters. The fraction of sp³-hybridized carbons (Fsp3) is 0.273. The highest BCUT2D eigenvalue weighted by atomic mass is 19.4. The van der Waals surface area contributed by atoms with Gasteiger partial charge in [-0.25, -0.2) is 9.37 Å². The number of nitrogens with two attached hydrogens (primary N) is 1. The monoisotopic (exact) mass is 474 g/mol. The van der Waals surface area contributed by atoms with Crippen molar-refractivity contribution >= 4 is 33.5 Å². The minimum atomic E-state index is -4.56. The highest BCUT2D eigenvalue weighted by molar-refractivity contribution is 6.10. The zero-order valence-electron chi connectivity index (χ0n) is 18.0. The number of ether oxygens (including phenoxy) is 1. The molecule has 0 bridgehead atoms. The third-order valence-corrected chi connectivity index (χ3v) is 5.99. The van der Waals surface area contributed by atoms with Crippen molar-refractivity contribution in [1.29, 1.82) is 0 Å². The summed E-state index contributed by atoms with van der Waals surface area (Å²) in [6.07, 6.45) is -2.28. The number of aromatic nitrogens is 4. The molecule has 1 aromatic carbocycles. The highest BCUT2D eigenvalue weighted by Crippen LogP contribution is 2.35. The molecule has 0 saturated carbocycles. The molecule has 34 heavy (non-hydrogen) atoms. The number of amides is 1. The molecule has 8 nitrogen and oxygen atoms in total. The summed E-state index contributed by atoms with van der Waals surface area (Å²) in [6, 6.07) is 2.67. The average Bonchev–Trinajstić information content (AvgIpc) is 3.18. The normalized spacial score (nSPS) is 16.1. The number of fused-ring (bicyclic) bond motifs is 4. The Labute approximate surface area is 189 Å². The largest absolute Gasteiger partial charge is 0.417 e. The topological polar surface area (TPSA) is 99.2 Å². The number of aryl methyl sites for hydroxylation is 1. The minimum Gasteiger partial charge on any atom is -0.382 e. The molecular formula is C22H18F4N6O2. The molecule has 4 heterocycles. The molecule has 1 aliphatic rings. The number of anilines is 1. The molecule has 1 atom stereocenters. The van der Waals surface area contributed by atoms with Gasteiger partial charge in [-0.05, 0) is 12.1 Å². The van der Waals surface area contributed by atoms with E-state index in [0.717, 1.165) is 18.3 Å². The Morgan fingerprint density at radius 2 is 2.00 bits per heavy atom. The molecular weight excluding hydrogens is 456 g/mol. The number of hydrogen-bond donors (Lipinski definition) is 1. The number of hydrogen-bond acceptors (Lipinski definition) is 6. The van der Waals surface area contributed by atoms with E-state index in [1.807, 2.05) is 0 Å². The van der Waals surface area contributed by atoms with Crippen LogP contribution in [0.25, 0.3) is 21.8 Å². The molecule has 176 valence electrons. The number of nitrogen functional groups attached to an aromatic ring is 1. The smallest absolute Gasteiger partial charge is 0.382 e. The van der Waals surface area contributed by atoms with Crippen LogP contribution in [0.3, 0.4) is 0 Å². The second kappa shape index (κ2) is 7.62. The third-order valence-electron chi connectivity index (χ3n) is 5.99. The first kappa shape index (κ1) is 22.0. The SMILES string of the molecule is CN(C(=O)c1cc2c(cc1F)nc(N)c1c2cnn1C)[C@@H]1COCc2cc(C(F)(F)F)cnc21. The minimum absolute atomic E-state index is 0.00768. The number of carbonyl (C=O) groups is 1. The molecule has 4 aromatic rings. The number of rotatable bonds is 2. The predicted molar refractivity (Wildman–Crippen MR) is 114 cm³/mol. The van der Waals surface area contributed by atoms with Gasteiger partial charge >= 0.3 is 6.18 Å². The van der Waals surface area contributed by atoms with Crippen molar-refractivity contribution in [3.8, 4) is 0 Å². The van der Waals surface area contributed by atoms with E-state index in [1.54, 1.807) is 13.2 Å². The number of carbonyl (C=O) groups excluding carboxylic acids is 1. The lowest BCUT2D eigenvalue weighted by Gasteiger charge is -2.32. The standard InChI is InChI=1S/C22H18F4N6O2/c1-31(17-9-34-8-10-3-11(22(24,25)26)6-28-18(10)17)21(33)13-4-12-14-7-29-32(2)19(14)20(27)30-16(12)5-15(13)23/h3-7,17H,8-9H2,1-2H3,(H2,27,30)/t17-/m1/s1. The van der Waals surface area contributed by atoms with Crippen LogP contribution in [0.4, 0.5) is 23.4 Å². The second-order valence-corrected chi connectivity index (χ2v) is 8.09. The second-order valence-electron chi connectivity index (χ2n) is 8.09. The molecule has 0 aliphatic carbocycles. The fourth-order valence-corrected chi connectivity index (χ4v) is 4.23. The number of halogens is 4. The Morgan fingerprint density at radius 3 is 2.74 bits per heavy atom. The van der Waals surface area contributed by atoms with Crippen molar-refractivity contribution in [3.05, 3.63) is 58.8 Å². The van der Waals surface area contributed by atoms with Gasteiger partial charge in [0, 0.05) is 42.7 Å². The number of nitrogens with zero attached hydrogens (tertiary/aromatic N) is 5. The molecule has 0 saturated heterocycles. The zero-order chi connectivity index (χ0) is 24.4. The first-order valence-electron chi connectivity index (χ1n) is 10.2. The van der Waals surface area contributed by atoms with E-state index < -0.39 is 29.5 Å². The first-order chi connectivity index (χ1) is 16.1. The lowest BCUT2D eigenvalue weighted by Crippen LogP contribution is -2.37. The van der Waals surface area contributed by atoms with Crippen molar-refractivity contribution in [3.63, 3.8) is 0 Å². The van der Waals surface area contributed by atoms with Gasteiger partial charge < -0.3 is 15.4 Å². The van der Waals surface area contributed by atoms with E-state index in [1.165, 1.54) is 22.7 Å². The number of alkyl halides is 3. The van der Waals surface area contributed by atoms with E-state index in [-0.39, 0.29) is 41.4 Å². The molecule has 1 amide bonds. The number of likely N-dealkylation sites (N-methyl/N-ethyl adjacent to an activating group) is 1. The van der Waals surface area contributed by atoms with Crippen LogP contribution in [0.15, 0.2) is 30.6 Å². The fourth-order valence-electron chi connectivity index (χ4n) is 4.23. The summed E-state index contributed by atoms with van der Waals surface area (Å²) in [4.78, 5) is 22.7. The molecule has 5 rings (SSSR count). The van der Waals surface area contributed by atoms with Crippen molar-refractivity contribution in [2.24, 2.45) is 7.05 Å². The van der Waals surface area contributed by atoms with Crippen LogP contribution < -0.4 is 5.73 Å². The Kier molecular flexibility index (Phi) is 4.93. The van der Waals surface area contributed by atoms with Gasteiger partial charge in [0.15, 0.2) is 0 Å². The lowest BCUT2D eigenvalue weighted by atomic mass is 10.0. The van der Waals surface area contributed by atoms with Crippen LogP contribution in [0, 0.1) is 5.82 Å². The quantitative estimate of drug-likeness (QED) is 0.446. The summed E-state index contributed by atoms with van der Waals surface area (Å²) in [5, 5.41) is 5.26. The maximum absolute atomic E-state index is 15.0. The van der Waals surface area contributed by atoms with Crippen LogP contribution in [0.1, 0.15) is 33.2 Å². The van der Waals surface area contributed by atoms with Crippen molar-refractivity contribution in [1.82, 2.24) is 24.6 Å². The van der Waals surface area contributed by atoms with Crippen molar-refractivity contribution in [2.45, 2.75) is 18.8 Å². The van der Waals surface area contributed by atoms with Gasteiger partial charge in [0.25, 0.3) is 5.91 Å². The molecule has 2 N–H and O–H groups in total. The van der Waals surface area contributed by atoms with Gasteiger partial charge in [0.1, 0.15) is 17.2 Å². The predicted octanol–water partition coefficient (Wildman–Crippen LogP) is 3.60. The van der Waals surface area contributed by atoms with Gasteiger partial charge in [-0.3, -0.25) is 14.5 Å². The van der Waals surface area contributed by atoms with E-state index in [2.05, 4.69) is 15.1 Å². The molecule has 3 aromatic heterocycles. The Hall–Kier alpha value is -3.80. The van der Waals surface area contributed by atoms with E-state index in [4.69, 9.17) is 10.5 Å². The third kappa shape index (κ3) is 3.41. The lowest BCUT2D eigenvalue weighted by molar-refractivity contribution is -0.138. The Bertz CT molecular complexity index is 1470. The van der Waals surface area contributed by atoms with Gasteiger partial charge in [0.2, 0.25) is 0 Å². The van der Waals surface area contributed by atoms with E-state index >= 15 is 0 Å². The first-order valence-corrected chi connectivity index (χ1v) is 10.2. The number of pyridine rings is 2. The van der Waals surface area contributed by atoms with E-state index in [9.17, 15) is 22.4 Å². The Morgan fingerprint density at radius 1 is 1.24 bits per heavy atom. The summed E-state index contributed by atoms with van der Waals surface area (Å²) in [6.45, 7) is -0.0606. The molecule has 0 radical (unpaired) electrons. The highest BCUT2D eigenvalue weighted by Gasteiger charge is 2.35. The van der Waals surface area contributed by atoms with Gasteiger partial charge in [-0.1, -0.05) is 0 Å². The molecule has 0 fully saturated rings. The molecule has 0 spiro atoms. The van der Waals surface area contributed by atoms with Crippen LogP contribution in [0.2, 0.25) is 0 Å². The van der Waals surface area contributed by atoms with Crippen LogP contribution in [-0.4, -0.2) is 44.2 Å². The average molecular weight is 474 g/mol. The zero-order valence-corrected chi connectivity index (χ0v) is 18.0. The summed E-state index contributed by atoms with van der Waals surface area (Å²) >= 11 is 0. The van der Waals surface area contributed by atoms with Crippen LogP contribution in [0.5, 0.6) is 0 Å². The van der Waals surface area contributed by atoms with Crippen molar-refractivity contribution < 1.29 is 27.1 Å². The number of benzene rings is 1. The van der Waals surface area contributed by atoms with Crippen LogP contribution >= 0.6 is 0 Å². The van der Waals surface area contributed by atoms with Gasteiger partial charge in [-0.2, -0.15) is 18.3 Å². The van der Waals surface area contributed by atoms with Crippen molar-refractivity contribution in [2.75, 3.05) is 19.4 Å². The van der Waals surface area contributed by atoms with E-state index in [0.29, 0.717) is 16.3 Å². The summed E-state index contributed by atoms with van der Waals surface area (Å²) in [7, 11) is 3.11. The molecule has 12 heteroatoms. The summed E-state index contributed by atoms with van der Waals surface area (Å²) in [5.74, 6) is -1.31. The maximum Gasteiger partial charge on any atom is 0.417 e. The van der Waals surface area contributed by atoms with Gasteiger partial charge in [-0.15, -0.1) is 0 Å². The van der Waals surface area contributed by atoms with Crippen LogP contribution in [-0.2, 0) is 24.6 Å².